The van der Waals surface area contributed by atoms with Gasteiger partial charge in [-0.3, -0.25) is 0 Å². The fourth-order valence-electron chi connectivity index (χ4n) is 1.45. The summed E-state index contributed by atoms with van der Waals surface area (Å²) in [5, 5.41) is 3.32. The van der Waals surface area contributed by atoms with Gasteiger partial charge in [0.15, 0.2) is 6.39 Å². The Balaban J connectivity index is 2.08. The zero-order valence-corrected chi connectivity index (χ0v) is 8.95. The molecule has 0 fully saturated rings. The van der Waals surface area contributed by atoms with E-state index in [2.05, 4.69) is 36.3 Å². The first-order valence-corrected chi connectivity index (χ1v) is 4.95. The van der Waals surface area contributed by atoms with Gasteiger partial charge in [-0.15, -0.1) is 0 Å². The third kappa shape index (κ3) is 2.18. The second-order valence-corrected chi connectivity index (χ2v) is 3.57. The summed E-state index contributed by atoms with van der Waals surface area (Å²) in [4.78, 5) is 3.87. The molecule has 0 bridgehead atoms. The predicted molar refractivity (Wildman–Crippen MR) is 59.7 cm³/mol. The third-order valence-corrected chi connectivity index (χ3v) is 2.54. The van der Waals surface area contributed by atoms with Crippen molar-refractivity contribution in [3.8, 4) is 0 Å². The Labute approximate surface area is 89.1 Å². The van der Waals surface area contributed by atoms with Crippen molar-refractivity contribution in [1.29, 1.82) is 0 Å². The number of oxazole rings is 1. The highest BCUT2D eigenvalue weighted by atomic mass is 16.3. The molecule has 0 aliphatic rings. The molecule has 3 nitrogen and oxygen atoms in total. The molecule has 0 amide bonds. The zero-order valence-electron chi connectivity index (χ0n) is 8.95. The van der Waals surface area contributed by atoms with Gasteiger partial charge in [0.1, 0.15) is 5.76 Å². The van der Waals surface area contributed by atoms with Crippen molar-refractivity contribution < 1.29 is 4.42 Å². The molecule has 1 aromatic carbocycles. The maximum atomic E-state index is 5.15. The van der Waals surface area contributed by atoms with Gasteiger partial charge in [0.25, 0.3) is 0 Å². The minimum absolute atomic E-state index is 0.671. The Hall–Kier alpha value is -1.77. The number of anilines is 1. The Morgan fingerprint density at radius 2 is 2.20 bits per heavy atom. The molecule has 0 aliphatic heterocycles. The molecule has 1 heterocycles. The number of benzene rings is 1. The molecule has 0 unspecified atom stereocenters. The summed E-state index contributed by atoms with van der Waals surface area (Å²) in [6.45, 7) is 4.89. The molecule has 0 aliphatic carbocycles. The average Bonchev–Trinajstić information content (AvgIpc) is 2.73. The molecule has 15 heavy (non-hydrogen) atoms. The molecule has 0 saturated carbocycles. The molecule has 1 N–H and O–H groups in total. The number of nitrogens with zero attached hydrogens (tertiary/aromatic N) is 1. The van der Waals surface area contributed by atoms with Crippen molar-refractivity contribution in [3.63, 3.8) is 0 Å². The van der Waals surface area contributed by atoms with Gasteiger partial charge in [0.05, 0.1) is 12.7 Å². The zero-order chi connectivity index (χ0) is 10.7. The van der Waals surface area contributed by atoms with Gasteiger partial charge in [-0.1, -0.05) is 12.1 Å². The van der Waals surface area contributed by atoms with Crippen LogP contribution in [0.25, 0.3) is 0 Å². The molecule has 2 rings (SSSR count). The van der Waals surface area contributed by atoms with Crippen molar-refractivity contribution in [2.45, 2.75) is 20.4 Å². The third-order valence-electron chi connectivity index (χ3n) is 2.54. The number of rotatable bonds is 3. The van der Waals surface area contributed by atoms with E-state index in [1.807, 2.05) is 6.07 Å². The quantitative estimate of drug-likeness (QED) is 0.831. The van der Waals surface area contributed by atoms with Crippen LogP contribution in [0.4, 0.5) is 5.69 Å². The van der Waals surface area contributed by atoms with Crippen LogP contribution in [0.3, 0.4) is 0 Å². The van der Waals surface area contributed by atoms with Crippen LogP contribution in [0, 0.1) is 13.8 Å². The van der Waals surface area contributed by atoms with Crippen molar-refractivity contribution in [2.24, 2.45) is 0 Å². The monoisotopic (exact) mass is 202 g/mol. The highest BCUT2D eigenvalue weighted by molar-refractivity contribution is 5.53. The first-order valence-electron chi connectivity index (χ1n) is 4.95. The van der Waals surface area contributed by atoms with Crippen molar-refractivity contribution in [3.05, 3.63) is 47.7 Å². The van der Waals surface area contributed by atoms with Crippen molar-refractivity contribution in [1.82, 2.24) is 4.98 Å². The summed E-state index contributed by atoms with van der Waals surface area (Å²) < 4.78 is 5.15. The van der Waals surface area contributed by atoms with Crippen LogP contribution in [-0.4, -0.2) is 4.98 Å². The van der Waals surface area contributed by atoms with E-state index in [0.29, 0.717) is 6.54 Å². The number of hydrogen-bond acceptors (Lipinski definition) is 3. The van der Waals surface area contributed by atoms with Gasteiger partial charge >= 0.3 is 0 Å². The van der Waals surface area contributed by atoms with Gasteiger partial charge in [0.2, 0.25) is 0 Å². The average molecular weight is 202 g/mol. The molecular formula is C12H14N2O. The molecule has 1 aromatic heterocycles. The first kappa shape index (κ1) is 9.77. The van der Waals surface area contributed by atoms with Crippen molar-refractivity contribution in [2.75, 3.05) is 5.32 Å². The summed E-state index contributed by atoms with van der Waals surface area (Å²) in [6.07, 6.45) is 3.16. The molecule has 78 valence electrons. The van der Waals surface area contributed by atoms with Gasteiger partial charge in [-0.05, 0) is 31.0 Å². The lowest BCUT2D eigenvalue weighted by Crippen LogP contribution is -2.00. The lowest BCUT2D eigenvalue weighted by Gasteiger charge is -2.09. The van der Waals surface area contributed by atoms with Gasteiger partial charge < -0.3 is 9.73 Å². The highest BCUT2D eigenvalue weighted by Gasteiger charge is 2.01. The van der Waals surface area contributed by atoms with E-state index in [0.717, 1.165) is 11.4 Å². The second-order valence-electron chi connectivity index (χ2n) is 3.57. The van der Waals surface area contributed by atoms with Crippen LogP contribution in [0.15, 0.2) is 35.2 Å². The maximum Gasteiger partial charge on any atom is 0.180 e. The minimum atomic E-state index is 0.671. The molecule has 0 spiro atoms. The smallest absolute Gasteiger partial charge is 0.180 e. The van der Waals surface area contributed by atoms with E-state index >= 15 is 0 Å². The minimum Gasteiger partial charge on any atom is -0.447 e. The molecule has 0 radical (unpaired) electrons. The normalized spacial score (nSPS) is 10.3. The van der Waals surface area contributed by atoms with Gasteiger partial charge in [-0.25, -0.2) is 4.98 Å². The molecule has 3 heteroatoms. The van der Waals surface area contributed by atoms with Crippen LogP contribution < -0.4 is 5.32 Å². The predicted octanol–water partition coefficient (Wildman–Crippen LogP) is 2.90. The van der Waals surface area contributed by atoms with Crippen LogP contribution in [0.5, 0.6) is 0 Å². The van der Waals surface area contributed by atoms with Crippen molar-refractivity contribution >= 4 is 5.69 Å². The van der Waals surface area contributed by atoms with Crippen LogP contribution in [0.1, 0.15) is 16.9 Å². The maximum absolute atomic E-state index is 5.15. The summed E-state index contributed by atoms with van der Waals surface area (Å²) in [6, 6.07) is 6.22. The Kier molecular flexibility index (Phi) is 2.72. The second kappa shape index (κ2) is 4.17. The highest BCUT2D eigenvalue weighted by Crippen LogP contribution is 2.18. The van der Waals surface area contributed by atoms with E-state index in [9.17, 15) is 0 Å². The molecule has 2 aromatic rings. The SMILES string of the molecule is Cc1cccc(NCc2cnco2)c1C. The topological polar surface area (TPSA) is 38.1 Å². The van der Waals surface area contributed by atoms with Crippen LogP contribution >= 0.6 is 0 Å². The summed E-state index contributed by atoms with van der Waals surface area (Å²) >= 11 is 0. The van der Waals surface area contributed by atoms with E-state index in [-0.39, 0.29) is 0 Å². The first-order chi connectivity index (χ1) is 7.27. The van der Waals surface area contributed by atoms with E-state index in [4.69, 9.17) is 4.42 Å². The lowest BCUT2D eigenvalue weighted by atomic mass is 10.1. The van der Waals surface area contributed by atoms with E-state index < -0.39 is 0 Å². The van der Waals surface area contributed by atoms with Crippen LogP contribution in [0.2, 0.25) is 0 Å². The van der Waals surface area contributed by atoms with E-state index in [1.54, 1.807) is 6.20 Å². The van der Waals surface area contributed by atoms with Crippen LogP contribution in [-0.2, 0) is 6.54 Å². The lowest BCUT2D eigenvalue weighted by molar-refractivity contribution is 0.511. The Morgan fingerprint density at radius 1 is 1.33 bits per heavy atom. The molecule has 0 saturated heterocycles. The molecule has 0 atom stereocenters. The fraction of sp³-hybridized carbons (Fsp3) is 0.250. The Morgan fingerprint density at radius 3 is 2.93 bits per heavy atom. The van der Waals surface area contributed by atoms with Gasteiger partial charge in [0, 0.05) is 5.69 Å². The summed E-state index contributed by atoms with van der Waals surface area (Å²) in [7, 11) is 0. The fourth-order valence-corrected chi connectivity index (χ4v) is 1.45. The van der Waals surface area contributed by atoms with Gasteiger partial charge in [-0.2, -0.15) is 0 Å². The molecular weight excluding hydrogens is 188 g/mol. The number of nitrogens with one attached hydrogen (secondary N) is 1. The van der Waals surface area contributed by atoms with E-state index in [1.165, 1.54) is 17.5 Å². The summed E-state index contributed by atoms with van der Waals surface area (Å²) in [5.41, 5.74) is 3.71. The standard InChI is InChI=1S/C12H14N2O/c1-9-4-3-5-12(10(9)2)14-7-11-6-13-8-15-11/h3-6,8,14H,7H2,1-2H3. The number of aromatic nitrogens is 1. The largest absolute Gasteiger partial charge is 0.447 e. The summed E-state index contributed by atoms with van der Waals surface area (Å²) in [5.74, 6) is 0.843. The number of aryl methyl sites for hydroxylation is 1. The Bertz CT molecular complexity index is 435. The number of hydrogen-bond donors (Lipinski definition) is 1.